The topological polar surface area (TPSA) is 69.4 Å². The average molecular weight is 299 g/mol. The van der Waals surface area contributed by atoms with Gasteiger partial charge in [0, 0.05) is 0 Å². The molecule has 0 aromatic heterocycles. The first-order valence-corrected chi connectivity index (χ1v) is 4.90. The van der Waals surface area contributed by atoms with E-state index in [0.717, 1.165) is 6.92 Å². The smallest absolute Gasteiger partial charge is 0.423 e. The van der Waals surface area contributed by atoms with E-state index in [-0.39, 0.29) is 6.07 Å². The predicted molar refractivity (Wildman–Crippen MR) is 54.7 cm³/mol. The summed E-state index contributed by atoms with van der Waals surface area (Å²) in [6, 6.07) is 0.822. The van der Waals surface area contributed by atoms with Gasteiger partial charge in [-0.1, -0.05) is 0 Å². The molecule has 0 atom stereocenters. The van der Waals surface area contributed by atoms with Crippen LogP contribution in [0.1, 0.15) is 22.8 Å². The van der Waals surface area contributed by atoms with Gasteiger partial charge in [0.2, 0.25) is 5.75 Å². The van der Waals surface area contributed by atoms with Crippen molar-refractivity contribution in [2.24, 2.45) is 0 Å². The van der Waals surface area contributed by atoms with Crippen molar-refractivity contribution in [3.8, 4) is 5.75 Å². The van der Waals surface area contributed by atoms with Gasteiger partial charge in [-0.25, -0.2) is 0 Å². The van der Waals surface area contributed by atoms with Gasteiger partial charge in [0.15, 0.2) is 5.78 Å². The first-order chi connectivity index (χ1) is 9.05. The molecule has 0 heterocycles. The molecule has 5 nitrogen and oxygen atoms in total. The summed E-state index contributed by atoms with van der Waals surface area (Å²) in [7, 11) is 0. The Morgan fingerprint density at radius 1 is 1.35 bits per heavy atom. The second kappa shape index (κ2) is 5.39. The van der Waals surface area contributed by atoms with Crippen molar-refractivity contribution in [3.63, 3.8) is 0 Å². The number of ether oxygens (including phenoxy) is 1. The highest BCUT2D eigenvalue weighted by Crippen LogP contribution is 2.43. The largest absolute Gasteiger partial charge is 0.427 e. The molecular weight excluding hydrogens is 293 g/mol. The summed E-state index contributed by atoms with van der Waals surface area (Å²) in [5, 5.41) is 10.7. The minimum absolute atomic E-state index is 0.271. The molecule has 0 saturated carbocycles. The standard InChI is InChI=1S/C10H6F5NO4/c1-4(17)5-2-3-6(10(13,14)15)7(16(18)19)8(5)20-9(11)12/h2-3,9H,1H3. The third-order valence-corrected chi connectivity index (χ3v) is 2.21. The van der Waals surface area contributed by atoms with Crippen LogP contribution < -0.4 is 4.74 Å². The molecule has 0 bridgehead atoms. The molecule has 0 saturated heterocycles. The van der Waals surface area contributed by atoms with Gasteiger partial charge in [0.05, 0.1) is 10.5 Å². The first kappa shape index (κ1) is 15.8. The Bertz CT molecular complexity index is 555. The van der Waals surface area contributed by atoms with Crippen LogP contribution in [0.15, 0.2) is 12.1 Å². The van der Waals surface area contributed by atoms with Crippen LogP contribution in [-0.4, -0.2) is 17.3 Å². The molecule has 1 rings (SSSR count). The minimum atomic E-state index is -5.15. The zero-order chi connectivity index (χ0) is 15.7. The molecule has 10 heteroatoms. The number of nitro groups is 1. The predicted octanol–water partition coefficient (Wildman–Crippen LogP) is 3.42. The molecule has 0 amide bonds. The molecule has 0 radical (unpaired) electrons. The van der Waals surface area contributed by atoms with Crippen molar-refractivity contribution in [1.29, 1.82) is 0 Å². The maximum atomic E-state index is 12.6. The zero-order valence-corrected chi connectivity index (χ0v) is 9.70. The fourth-order valence-electron chi connectivity index (χ4n) is 1.47. The number of carbonyl (C=O) groups excluding carboxylic acids is 1. The number of halogens is 5. The number of nitrogens with zero attached hydrogens (tertiary/aromatic N) is 1. The van der Waals surface area contributed by atoms with Crippen LogP contribution in [0.3, 0.4) is 0 Å². The van der Waals surface area contributed by atoms with E-state index in [1.807, 2.05) is 0 Å². The molecule has 0 spiro atoms. The lowest BCUT2D eigenvalue weighted by Crippen LogP contribution is -2.14. The Morgan fingerprint density at radius 3 is 2.25 bits per heavy atom. The van der Waals surface area contributed by atoms with E-state index >= 15 is 0 Å². The summed E-state index contributed by atoms with van der Waals surface area (Å²) in [5.41, 5.74) is -4.22. The maximum Gasteiger partial charge on any atom is 0.423 e. The second-order valence-corrected chi connectivity index (χ2v) is 3.53. The lowest BCUT2D eigenvalue weighted by atomic mass is 10.0. The van der Waals surface area contributed by atoms with Crippen molar-refractivity contribution in [2.75, 3.05) is 0 Å². The highest BCUT2D eigenvalue weighted by Gasteiger charge is 2.42. The number of hydrogen-bond donors (Lipinski definition) is 0. The maximum absolute atomic E-state index is 12.6. The van der Waals surface area contributed by atoms with E-state index in [1.54, 1.807) is 0 Å². The average Bonchev–Trinajstić information content (AvgIpc) is 2.25. The molecule has 0 aliphatic rings. The number of benzene rings is 1. The number of nitro benzene ring substituents is 1. The van der Waals surface area contributed by atoms with Gasteiger partial charge in [0.25, 0.3) is 0 Å². The van der Waals surface area contributed by atoms with E-state index in [1.165, 1.54) is 0 Å². The number of hydrogen-bond acceptors (Lipinski definition) is 4. The molecule has 0 unspecified atom stereocenters. The van der Waals surface area contributed by atoms with Crippen LogP contribution in [0.25, 0.3) is 0 Å². The number of rotatable bonds is 4. The van der Waals surface area contributed by atoms with Crippen LogP contribution >= 0.6 is 0 Å². The second-order valence-electron chi connectivity index (χ2n) is 3.53. The van der Waals surface area contributed by atoms with Crippen molar-refractivity contribution < 1.29 is 36.4 Å². The molecule has 0 aliphatic heterocycles. The van der Waals surface area contributed by atoms with E-state index in [9.17, 15) is 36.9 Å². The van der Waals surface area contributed by atoms with Gasteiger partial charge >= 0.3 is 18.5 Å². The lowest BCUT2D eigenvalue weighted by Gasteiger charge is -2.13. The van der Waals surface area contributed by atoms with Gasteiger partial charge in [-0.3, -0.25) is 14.9 Å². The highest BCUT2D eigenvalue weighted by molar-refractivity contribution is 5.98. The molecule has 110 valence electrons. The van der Waals surface area contributed by atoms with Crippen molar-refractivity contribution in [3.05, 3.63) is 33.4 Å². The molecule has 1 aromatic carbocycles. The first-order valence-electron chi connectivity index (χ1n) is 4.90. The molecule has 0 aliphatic carbocycles. The minimum Gasteiger partial charge on any atom is -0.427 e. The lowest BCUT2D eigenvalue weighted by molar-refractivity contribution is -0.389. The third kappa shape index (κ3) is 3.19. The normalized spacial score (nSPS) is 11.6. The summed E-state index contributed by atoms with van der Waals surface area (Å²) < 4.78 is 66.0. The van der Waals surface area contributed by atoms with Crippen LogP contribution in [0, 0.1) is 10.1 Å². The van der Waals surface area contributed by atoms with E-state index in [4.69, 9.17) is 0 Å². The number of Topliss-reactive ketones (excluding diaryl/α,β-unsaturated/α-hetero) is 1. The summed E-state index contributed by atoms with van der Waals surface area (Å²) in [5.74, 6) is -2.34. The van der Waals surface area contributed by atoms with Gasteiger partial charge in [-0.05, 0) is 19.1 Å². The van der Waals surface area contributed by atoms with E-state index in [0.29, 0.717) is 6.07 Å². The SMILES string of the molecule is CC(=O)c1ccc(C(F)(F)F)c([N+](=O)[O-])c1OC(F)F. The van der Waals surface area contributed by atoms with Gasteiger partial charge < -0.3 is 4.74 Å². The summed E-state index contributed by atoms with van der Waals surface area (Å²) in [6.45, 7) is -2.76. The van der Waals surface area contributed by atoms with Gasteiger partial charge in [0.1, 0.15) is 5.56 Å². The zero-order valence-electron chi connectivity index (χ0n) is 9.70. The Morgan fingerprint density at radius 2 is 1.90 bits per heavy atom. The Hall–Kier alpha value is -2.26. The van der Waals surface area contributed by atoms with Crippen molar-refractivity contribution in [1.82, 2.24) is 0 Å². The van der Waals surface area contributed by atoms with Crippen molar-refractivity contribution >= 4 is 11.5 Å². The molecular formula is C10H6F5NO4. The van der Waals surface area contributed by atoms with Gasteiger partial charge in [-0.15, -0.1) is 0 Å². The molecule has 1 aromatic rings. The fraction of sp³-hybridized carbons (Fsp3) is 0.300. The molecule has 20 heavy (non-hydrogen) atoms. The fourth-order valence-corrected chi connectivity index (χ4v) is 1.47. The Labute approximate surface area is 108 Å². The monoisotopic (exact) mass is 299 g/mol. The van der Waals surface area contributed by atoms with Crippen LogP contribution in [-0.2, 0) is 6.18 Å². The Kier molecular flexibility index (Phi) is 4.26. The number of alkyl halides is 5. The summed E-state index contributed by atoms with van der Waals surface area (Å²) >= 11 is 0. The number of carbonyl (C=O) groups is 1. The van der Waals surface area contributed by atoms with E-state index in [2.05, 4.69) is 4.74 Å². The summed E-state index contributed by atoms with van der Waals surface area (Å²) in [6.07, 6.45) is -5.15. The molecule has 0 fully saturated rings. The quantitative estimate of drug-likeness (QED) is 0.370. The van der Waals surface area contributed by atoms with Gasteiger partial charge in [-0.2, -0.15) is 22.0 Å². The van der Waals surface area contributed by atoms with Crippen LogP contribution in [0.5, 0.6) is 5.75 Å². The van der Waals surface area contributed by atoms with Crippen molar-refractivity contribution in [2.45, 2.75) is 19.7 Å². The highest BCUT2D eigenvalue weighted by atomic mass is 19.4. The molecule has 0 N–H and O–H groups in total. The van der Waals surface area contributed by atoms with E-state index < -0.39 is 46.1 Å². The third-order valence-electron chi connectivity index (χ3n) is 2.21. The van der Waals surface area contributed by atoms with Crippen LogP contribution in [0.2, 0.25) is 0 Å². The summed E-state index contributed by atoms with van der Waals surface area (Å²) in [4.78, 5) is 20.3. The number of ketones is 1. The van der Waals surface area contributed by atoms with Crippen LogP contribution in [0.4, 0.5) is 27.6 Å². The Balaban J connectivity index is 3.70.